The number of anilines is 1. The van der Waals surface area contributed by atoms with Crippen LogP contribution in [0.5, 0.6) is 11.5 Å². The van der Waals surface area contributed by atoms with Gasteiger partial charge in [0.2, 0.25) is 5.95 Å². The highest BCUT2D eigenvalue weighted by atomic mass is 35.5. The lowest BCUT2D eigenvalue weighted by molar-refractivity contribution is -0.116. The van der Waals surface area contributed by atoms with Crippen LogP contribution in [-0.2, 0) is 11.4 Å². The van der Waals surface area contributed by atoms with E-state index in [0.29, 0.717) is 29.4 Å². The number of hydrogen-bond acceptors (Lipinski definition) is 7. The van der Waals surface area contributed by atoms with E-state index in [1.165, 1.54) is 13.2 Å². The predicted octanol–water partition coefficient (Wildman–Crippen LogP) is 4.08. The number of carbonyl (C=O) groups excluding carboxylic acids is 1. The van der Waals surface area contributed by atoms with Crippen LogP contribution >= 0.6 is 11.6 Å². The standard InChI is InChI=1S/C22H19ClFN5O3/c1-31-19-10-12(8-9-18(19)32-11-13-14(23)4-2-5-15(13)24)21-20-16(6-3-7-17(20)30)25-22-26-27-28-29(21)22/h2,4-5,8-10,21H,3,6-7,11H2,1H3,(H,25,26,28). The van der Waals surface area contributed by atoms with Gasteiger partial charge in [0.1, 0.15) is 18.5 Å². The van der Waals surface area contributed by atoms with Gasteiger partial charge in [-0.1, -0.05) is 28.8 Å². The van der Waals surface area contributed by atoms with Gasteiger partial charge in [0, 0.05) is 23.3 Å². The third-order valence-electron chi connectivity index (χ3n) is 5.67. The number of methoxy groups -OCH3 is 1. The van der Waals surface area contributed by atoms with Crippen molar-refractivity contribution in [3.8, 4) is 11.5 Å². The number of ketones is 1. The maximum Gasteiger partial charge on any atom is 0.248 e. The highest BCUT2D eigenvalue weighted by molar-refractivity contribution is 6.31. The SMILES string of the molecule is COc1cc(C2C3=C(CCCC3=O)Nc3nnnn32)ccc1OCc1c(F)cccc1Cl. The van der Waals surface area contributed by atoms with Crippen LogP contribution in [-0.4, -0.2) is 33.1 Å². The van der Waals surface area contributed by atoms with Gasteiger partial charge in [-0.25, -0.2) is 4.39 Å². The number of tetrazole rings is 1. The van der Waals surface area contributed by atoms with Crippen LogP contribution in [0.25, 0.3) is 0 Å². The first kappa shape index (κ1) is 20.4. The maximum atomic E-state index is 14.1. The number of carbonyl (C=O) groups is 1. The Morgan fingerprint density at radius 3 is 2.94 bits per heavy atom. The highest BCUT2D eigenvalue weighted by Gasteiger charge is 2.37. The van der Waals surface area contributed by atoms with Gasteiger partial charge >= 0.3 is 0 Å². The third kappa shape index (κ3) is 3.48. The second-order valence-electron chi connectivity index (χ2n) is 7.54. The van der Waals surface area contributed by atoms with Crippen molar-refractivity contribution < 1.29 is 18.7 Å². The molecule has 1 unspecified atom stereocenters. The quantitative estimate of drug-likeness (QED) is 0.619. The van der Waals surface area contributed by atoms with E-state index in [2.05, 4.69) is 20.8 Å². The zero-order valence-electron chi connectivity index (χ0n) is 17.1. The molecular formula is C22H19ClFN5O3. The van der Waals surface area contributed by atoms with Crippen LogP contribution in [0.3, 0.4) is 0 Å². The van der Waals surface area contributed by atoms with E-state index in [-0.39, 0.29) is 23.0 Å². The molecule has 0 fully saturated rings. The topological polar surface area (TPSA) is 91.2 Å². The van der Waals surface area contributed by atoms with Gasteiger partial charge in [-0.3, -0.25) is 4.79 Å². The summed E-state index contributed by atoms with van der Waals surface area (Å²) in [7, 11) is 1.52. The first-order valence-electron chi connectivity index (χ1n) is 10.1. The lowest BCUT2D eigenvalue weighted by Crippen LogP contribution is -2.31. The Labute approximate surface area is 188 Å². The predicted molar refractivity (Wildman–Crippen MR) is 114 cm³/mol. The molecule has 0 saturated heterocycles. The summed E-state index contributed by atoms with van der Waals surface area (Å²) >= 11 is 6.10. The molecule has 0 radical (unpaired) electrons. The molecule has 5 rings (SSSR count). The number of rotatable bonds is 5. The van der Waals surface area contributed by atoms with E-state index in [4.69, 9.17) is 21.1 Å². The summed E-state index contributed by atoms with van der Waals surface area (Å²) in [6.07, 6.45) is 2.02. The number of hydrogen-bond donors (Lipinski definition) is 1. The molecule has 2 aromatic carbocycles. The molecule has 164 valence electrons. The number of ether oxygens (including phenoxy) is 2. The van der Waals surface area contributed by atoms with Crippen LogP contribution in [0.15, 0.2) is 47.7 Å². The molecule has 2 aliphatic rings. The molecule has 0 bridgehead atoms. The van der Waals surface area contributed by atoms with E-state index >= 15 is 0 Å². The van der Waals surface area contributed by atoms with E-state index in [1.807, 2.05) is 6.07 Å². The molecule has 8 nitrogen and oxygen atoms in total. The Morgan fingerprint density at radius 2 is 2.12 bits per heavy atom. The molecule has 10 heteroatoms. The van der Waals surface area contributed by atoms with Crippen molar-refractivity contribution in [3.05, 3.63) is 69.6 Å². The van der Waals surface area contributed by atoms with E-state index in [9.17, 15) is 9.18 Å². The van der Waals surface area contributed by atoms with Crippen LogP contribution < -0.4 is 14.8 Å². The summed E-state index contributed by atoms with van der Waals surface area (Å²) in [4.78, 5) is 12.8. The number of halogens is 2. The van der Waals surface area contributed by atoms with Gasteiger partial charge < -0.3 is 14.8 Å². The zero-order chi connectivity index (χ0) is 22.2. The van der Waals surface area contributed by atoms with Crippen LogP contribution in [0.4, 0.5) is 10.3 Å². The summed E-state index contributed by atoms with van der Waals surface area (Å²) in [6.45, 7) is -0.0561. The molecule has 2 heterocycles. The molecule has 3 aromatic rings. The van der Waals surface area contributed by atoms with Crippen molar-refractivity contribution in [2.24, 2.45) is 0 Å². The lowest BCUT2D eigenvalue weighted by atomic mass is 9.85. The molecule has 1 N–H and O–H groups in total. The van der Waals surface area contributed by atoms with Gasteiger partial charge in [0.05, 0.1) is 12.1 Å². The van der Waals surface area contributed by atoms with Crippen LogP contribution in [0.2, 0.25) is 5.02 Å². The molecule has 0 amide bonds. The normalized spacial score (nSPS) is 17.5. The summed E-state index contributed by atoms with van der Waals surface area (Å²) in [5.41, 5.74) is 2.54. The fraction of sp³-hybridized carbons (Fsp3) is 0.273. The van der Waals surface area contributed by atoms with Gasteiger partial charge in [-0.05, 0) is 53.1 Å². The first-order valence-corrected chi connectivity index (χ1v) is 10.5. The second-order valence-corrected chi connectivity index (χ2v) is 7.95. The van der Waals surface area contributed by atoms with Gasteiger partial charge in [-0.2, -0.15) is 4.68 Å². The lowest BCUT2D eigenvalue weighted by Gasteiger charge is -2.31. The van der Waals surface area contributed by atoms with E-state index in [0.717, 1.165) is 24.1 Å². The number of benzene rings is 2. The number of aromatic nitrogens is 4. The van der Waals surface area contributed by atoms with Crippen LogP contribution in [0, 0.1) is 5.82 Å². The van der Waals surface area contributed by atoms with Crippen molar-refractivity contribution in [2.45, 2.75) is 31.9 Å². The molecule has 1 aromatic heterocycles. The van der Waals surface area contributed by atoms with Gasteiger partial charge in [-0.15, -0.1) is 0 Å². The average Bonchev–Trinajstić information content (AvgIpc) is 3.26. The van der Waals surface area contributed by atoms with E-state index in [1.54, 1.807) is 28.9 Å². The Balaban J connectivity index is 1.50. The average molecular weight is 456 g/mol. The van der Waals surface area contributed by atoms with Crippen LogP contribution in [0.1, 0.15) is 36.4 Å². The smallest absolute Gasteiger partial charge is 0.248 e. The minimum atomic E-state index is -0.479. The summed E-state index contributed by atoms with van der Waals surface area (Å²) in [5.74, 6) is 0.971. The second kappa shape index (κ2) is 8.23. The number of nitrogens with zero attached hydrogens (tertiary/aromatic N) is 4. The number of fused-ring (bicyclic) bond motifs is 1. The Hall–Kier alpha value is -3.46. The molecule has 1 atom stereocenters. The molecule has 0 saturated carbocycles. The fourth-order valence-corrected chi connectivity index (χ4v) is 4.34. The third-order valence-corrected chi connectivity index (χ3v) is 6.02. The molecule has 0 spiro atoms. The summed E-state index contributed by atoms with van der Waals surface area (Å²) < 4.78 is 27.0. The molecule has 32 heavy (non-hydrogen) atoms. The Kier molecular flexibility index (Phi) is 5.26. The monoisotopic (exact) mass is 455 g/mol. The minimum absolute atomic E-state index is 0.0561. The molecular weight excluding hydrogens is 437 g/mol. The van der Waals surface area contributed by atoms with Crippen molar-refractivity contribution in [2.75, 3.05) is 12.4 Å². The summed E-state index contributed by atoms with van der Waals surface area (Å²) in [6, 6.07) is 9.34. The van der Waals surface area contributed by atoms with Crippen molar-refractivity contribution >= 4 is 23.3 Å². The summed E-state index contributed by atoms with van der Waals surface area (Å²) in [5, 5.41) is 15.4. The maximum absolute atomic E-state index is 14.1. The molecule has 1 aliphatic carbocycles. The van der Waals surface area contributed by atoms with Crippen molar-refractivity contribution in [1.82, 2.24) is 20.2 Å². The number of nitrogens with one attached hydrogen (secondary N) is 1. The molecule has 1 aliphatic heterocycles. The first-order chi connectivity index (χ1) is 15.6. The zero-order valence-corrected chi connectivity index (χ0v) is 17.9. The number of allylic oxidation sites excluding steroid dienone is 2. The number of Topliss-reactive ketones (excluding diaryl/α,β-unsaturated/α-hetero) is 1. The minimum Gasteiger partial charge on any atom is -0.493 e. The Bertz CT molecular complexity index is 1220. The van der Waals surface area contributed by atoms with Gasteiger partial charge in [0.25, 0.3) is 0 Å². The fourth-order valence-electron chi connectivity index (χ4n) is 4.12. The van der Waals surface area contributed by atoms with Crippen molar-refractivity contribution in [1.29, 1.82) is 0 Å². The van der Waals surface area contributed by atoms with E-state index < -0.39 is 11.9 Å². The largest absolute Gasteiger partial charge is 0.493 e. The highest BCUT2D eigenvalue weighted by Crippen LogP contribution is 2.41. The van der Waals surface area contributed by atoms with Gasteiger partial charge in [0.15, 0.2) is 17.3 Å². The Morgan fingerprint density at radius 1 is 1.25 bits per heavy atom. The van der Waals surface area contributed by atoms with Crippen molar-refractivity contribution in [3.63, 3.8) is 0 Å².